The lowest BCUT2D eigenvalue weighted by Gasteiger charge is -2.15. The summed E-state index contributed by atoms with van der Waals surface area (Å²) in [5, 5.41) is 6.55. The number of nitrogens with one attached hydrogen (secondary N) is 1. The standard InChI is InChI=1S/C13H12F3N7/c1-7-5-10(20-8(2)9-6-17-3-4-18-9)23-12(19-7)21-11(22-23)13(14,15)16/h3-6,8,20H,1-2H3/t8-/m0/s1. The molecule has 0 spiro atoms. The molecule has 0 saturated carbocycles. The minimum absolute atomic E-state index is 0.119. The number of fused-ring (bicyclic) bond motifs is 1. The zero-order chi connectivity index (χ0) is 16.6. The Bertz CT molecular complexity index is 829. The molecule has 120 valence electrons. The Labute approximate surface area is 128 Å². The largest absolute Gasteiger partial charge is 0.453 e. The molecule has 0 bridgehead atoms. The highest BCUT2D eigenvalue weighted by Gasteiger charge is 2.36. The maximum atomic E-state index is 12.8. The van der Waals surface area contributed by atoms with E-state index in [1.54, 1.807) is 19.2 Å². The molecule has 0 unspecified atom stereocenters. The van der Waals surface area contributed by atoms with Crippen LogP contribution in [0, 0.1) is 6.92 Å². The van der Waals surface area contributed by atoms with Gasteiger partial charge < -0.3 is 5.32 Å². The van der Waals surface area contributed by atoms with Gasteiger partial charge in [-0.25, -0.2) is 4.98 Å². The molecule has 3 aromatic heterocycles. The van der Waals surface area contributed by atoms with E-state index in [-0.39, 0.29) is 11.8 Å². The fourth-order valence-corrected chi connectivity index (χ4v) is 2.04. The second kappa shape index (κ2) is 5.45. The van der Waals surface area contributed by atoms with Crippen LogP contribution in [0.25, 0.3) is 5.78 Å². The monoisotopic (exact) mass is 323 g/mol. The SMILES string of the molecule is Cc1cc(N[C@@H](C)c2cnccn2)n2nc(C(F)(F)F)nc2n1. The highest BCUT2D eigenvalue weighted by atomic mass is 19.4. The van der Waals surface area contributed by atoms with Crippen LogP contribution < -0.4 is 5.32 Å². The van der Waals surface area contributed by atoms with E-state index in [1.165, 1.54) is 12.4 Å². The molecular formula is C13H12F3N7. The van der Waals surface area contributed by atoms with Crippen LogP contribution >= 0.6 is 0 Å². The van der Waals surface area contributed by atoms with Gasteiger partial charge in [-0.2, -0.15) is 22.7 Å². The van der Waals surface area contributed by atoms with Crippen molar-refractivity contribution < 1.29 is 13.2 Å². The minimum Gasteiger partial charge on any atom is -0.362 e. The smallest absolute Gasteiger partial charge is 0.362 e. The van der Waals surface area contributed by atoms with E-state index < -0.39 is 12.0 Å². The molecule has 3 rings (SSSR count). The van der Waals surface area contributed by atoms with Gasteiger partial charge >= 0.3 is 6.18 Å². The first kappa shape index (κ1) is 15.1. The maximum absolute atomic E-state index is 12.8. The molecule has 0 amide bonds. The van der Waals surface area contributed by atoms with Gasteiger partial charge in [0.05, 0.1) is 17.9 Å². The average Bonchev–Trinajstić information content (AvgIpc) is 2.92. The molecule has 3 heterocycles. The highest BCUT2D eigenvalue weighted by Crippen LogP contribution is 2.27. The van der Waals surface area contributed by atoms with Crippen molar-refractivity contribution in [1.82, 2.24) is 29.5 Å². The van der Waals surface area contributed by atoms with Gasteiger partial charge in [-0.05, 0) is 13.8 Å². The minimum atomic E-state index is -4.63. The van der Waals surface area contributed by atoms with Gasteiger partial charge in [-0.1, -0.05) is 0 Å². The topological polar surface area (TPSA) is 80.9 Å². The third-order valence-electron chi connectivity index (χ3n) is 3.08. The molecule has 0 radical (unpaired) electrons. The Kier molecular flexibility index (Phi) is 3.58. The number of anilines is 1. The van der Waals surface area contributed by atoms with Crippen molar-refractivity contribution in [3.05, 3.63) is 41.9 Å². The number of hydrogen-bond acceptors (Lipinski definition) is 6. The fraction of sp³-hybridized carbons (Fsp3) is 0.308. The van der Waals surface area contributed by atoms with Gasteiger partial charge in [0.25, 0.3) is 11.6 Å². The molecular weight excluding hydrogens is 311 g/mol. The van der Waals surface area contributed by atoms with Crippen LogP contribution in [-0.2, 0) is 6.18 Å². The first-order valence-corrected chi connectivity index (χ1v) is 6.68. The van der Waals surface area contributed by atoms with Gasteiger partial charge in [-0.15, -0.1) is 5.10 Å². The molecule has 0 aliphatic heterocycles. The van der Waals surface area contributed by atoms with E-state index in [0.29, 0.717) is 17.2 Å². The molecule has 3 aromatic rings. The summed E-state index contributed by atoms with van der Waals surface area (Å²) < 4.78 is 39.4. The Morgan fingerprint density at radius 1 is 1.22 bits per heavy atom. The molecule has 0 aromatic carbocycles. The number of nitrogens with zero attached hydrogens (tertiary/aromatic N) is 6. The zero-order valence-electron chi connectivity index (χ0n) is 12.2. The molecule has 0 fully saturated rings. The Hall–Kier alpha value is -2.78. The number of alkyl halides is 3. The Morgan fingerprint density at radius 3 is 2.65 bits per heavy atom. The van der Waals surface area contributed by atoms with Crippen molar-refractivity contribution in [3.8, 4) is 0 Å². The molecule has 7 nitrogen and oxygen atoms in total. The van der Waals surface area contributed by atoms with Gasteiger partial charge in [0, 0.05) is 24.2 Å². The van der Waals surface area contributed by atoms with Crippen molar-refractivity contribution in [3.63, 3.8) is 0 Å². The molecule has 0 aliphatic carbocycles. The number of halogens is 3. The van der Waals surface area contributed by atoms with Gasteiger partial charge in [0.15, 0.2) is 0 Å². The summed E-state index contributed by atoms with van der Waals surface area (Å²) in [5.74, 6) is -1.01. The normalized spacial score (nSPS) is 13.3. The zero-order valence-corrected chi connectivity index (χ0v) is 12.2. The van der Waals surface area contributed by atoms with Crippen LogP contribution in [0.5, 0.6) is 0 Å². The number of hydrogen-bond donors (Lipinski definition) is 1. The third kappa shape index (κ3) is 3.05. The lowest BCUT2D eigenvalue weighted by Crippen LogP contribution is -2.13. The molecule has 0 saturated heterocycles. The van der Waals surface area contributed by atoms with Crippen molar-refractivity contribution in [2.75, 3.05) is 5.32 Å². The molecule has 23 heavy (non-hydrogen) atoms. The summed E-state index contributed by atoms with van der Waals surface area (Å²) in [6.45, 7) is 3.48. The number of aromatic nitrogens is 6. The lowest BCUT2D eigenvalue weighted by molar-refractivity contribution is -0.144. The van der Waals surface area contributed by atoms with E-state index in [0.717, 1.165) is 4.52 Å². The summed E-state index contributed by atoms with van der Waals surface area (Å²) >= 11 is 0. The summed E-state index contributed by atoms with van der Waals surface area (Å²) in [5.41, 5.74) is 1.17. The van der Waals surface area contributed by atoms with Crippen LogP contribution in [0.1, 0.15) is 30.2 Å². The van der Waals surface area contributed by atoms with Crippen molar-refractivity contribution in [2.45, 2.75) is 26.1 Å². The molecule has 1 N–H and O–H groups in total. The summed E-state index contributed by atoms with van der Waals surface area (Å²) in [7, 11) is 0. The van der Waals surface area contributed by atoms with E-state index in [9.17, 15) is 13.2 Å². The third-order valence-corrected chi connectivity index (χ3v) is 3.08. The summed E-state index contributed by atoms with van der Waals surface area (Å²) in [6, 6.07) is 1.31. The second-order valence-corrected chi connectivity index (χ2v) is 4.92. The van der Waals surface area contributed by atoms with Crippen LogP contribution in [0.4, 0.5) is 19.0 Å². The van der Waals surface area contributed by atoms with Crippen LogP contribution in [-0.4, -0.2) is 29.5 Å². The van der Waals surface area contributed by atoms with Crippen molar-refractivity contribution >= 4 is 11.6 Å². The van der Waals surface area contributed by atoms with Crippen molar-refractivity contribution in [1.29, 1.82) is 0 Å². The lowest BCUT2D eigenvalue weighted by atomic mass is 10.2. The summed E-state index contributed by atoms with van der Waals surface area (Å²) in [6.07, 6.45) is 0.0248. The van der Waals surface area contributed by atoms with E-state index in [1.807, 2.05) is 6.92 Å². The predicted molar refractivity (Wildman–Crippen MR) is 74.6 cm³/mol. The highest BCUT2D eigenvalue weighted by molar-refractivity contribution is 5.46. The van der Waals surface area contributed by atoms with E-state index >= 15 is 0 Å². The number of aryl methyl sites for hydroxylation is 1. The van der Waals surface area contributed by atoms with Gasteiger partial charge in [0.2, 0.25) is 0 Å². The first-order valence-electron chi connectivity index (χ1n) is 6.68. The number of rotatable bonds is 3. The molecule has 1 atom stereocenters. The summed E-state index contributed by atoms with van der Waals surface area (Å²) in [4.78, 5) is 15.5. The van der Waals surface area contributed by atoms with Crippen LogP contribution in [0.2, 0.25) is 0 Å². The van der Waals surface area contributed by atoms with Gasteiger partial charge in [-0.3, -0.25) is 9.97 Å². The fourth-order valence-electron chi connectivity index (χ4n) is 2.04. The predicted octanol–water partition coefficient (Wildman–Crippen LogP) is 2.41. The Morgan fingerprint density at radius 2 is 2.00 bits per heavy atom. The average molecular weight is 323 g/mol. The van der Waals surface area contributed by atoms with Crippen molar-refractivity contribution in [2.24, 2.45) is 0 Å². The van der Waals surface area contributed by atoms with E-state index in [2.05, 4.69) is 30.4 Å². The quantitative estimate of drug-likeness (QED) is 0.797. The van der Waals surface area contributed by atoms with Crippen LogP contribution in [0.15, 0.2) is 24.7 Å². The second-order valence-electron chi connectivity index (χ2n) is 4.92. The molecule has 10 heteroatoms. The van der Waals surface area contributed by atoms with Crippen LogP contribution in [0.3, 0.4) is 0 Å². The van der Waals surface area contributed by atoms with E-state index in [4.69, 9.17) is 0 Å². The molecule has 0 aliphatic rings. The maximum Gasteiger partial charge on any atom is 0.453 e. The first-order chi connectivity index (χ1) is 10.8. The van der Waals surface area contributed by atoms with Gasteiger partial charge in [0.1, 0.15) is 5.82 Å². The Balaban J connectivity index is 2.01.